The Bertz CT molecular complexity index is 998. The van der Waals surface area contributed by atoms with Crippen molar-refractivity contribution in [3.8, 4) is 5.75 Å². The number of ether oxygens (including phenoxy) is 1. The molecule has 0 saturated heterocycles. The Balaban J connectivity index is 1.32. The number of likely N-dealkylation sites (N-methyl/N-ethyl adjacent to an activating group) is 1. The van der Waals surface area contributed by atoms with Gasteiger partial charge >= 0.3 is 0 Å². The summed E-state index contributed by atoms with van der Waals surface area (Å²) in [7, 11) is 0. The minimum absolute atomic E-state index is 0.0534. The summed E-state index contributed by atoms with van der Waals surface area (Å²) in [5.74, 6) is 0.769. The molecule has 0 fully saturated rings. The van der Waals surface area contributed by atoms with E-state index in [4.69, 9.17) is 4.74 Å². The predicted octanol–water partition coefficient (Wildman–Crippen LogP) is 4.59. The minimum Gasteiger partial charge on any atom is -0.486 e. The number of amides is 1. The molecule has 5 nitrogen and oxygen atoms in total. The number of nitrogens with one attached hydrogen (secondary N) is 1. The summed E-state index contributed by atoms with van der Waals surface area (Å²) in [6, 6.07) is 14.1. The average molecular weight is 408 g/mol. The minimum atomic E-state index is -0.0534. The molecule has 0 saturated carbocycles. The maximum Gasteiger partial charge on any atom is 0.230 e. The zero-order valence-electron chi connectivity index (χ0n) is 16.8. The first kappa shape index (κ1) is 19.5. The lowest BCUT2D eigenvalue weighted by molar-refractivity contribution is -0.115. The SMILES string of the molecule is CCN1CCc2ccc(NC(=O)Cc3csc(COc4ccc(C)cc4)n3)cc21. The van der Waals surface area contributed by atoms with E-state index in [1.165, 1.54) is 28.2 Å². The van der Waals surface area contributed by atoms with Gasteiger partial charge in [0.05, 0.1) is 12.1 Å². The summed E-state index contributed by atoms with van der Waals surface area (Å²) in [6.07, 6.45) is 1.33. The molecule has 0 radical (unpaired) electrons. The fraction of sp³-hybridized carbons (Fsp3) is 0.304. The van der Waals surface area contributed by atoms with E-state index in [0.29, 0.717) is 6.61 Å². The van der Waals surface area contributed by atoms with Crippen molar-refractivity contribution in [2.45, 2.75) is 33.3 Å². The number of hydrogen-bond acceptors (Lipinski definition) is 5. The van der Waals surface area contributed by atoms with Crippen LogP contribution in [0, 0.1) is 6.92 Å². The molecule has 1 N–H and O–H groups in total. The molecular weight excluding hydrogens is 382 g/mol. The van der Waals surface area contributed by atoms with E-state index in [9.17, 15) is 4.79 Å². The molecule has 150 valence electrons. The molecule has 1 aromatic heterocycles. The summed E-state index contributed by atoms with van der Waals surface area (Å²) in [5, 5.41) is 5.80. The molecule has 29 heavy (non-hydrogen) atoms. The Morgan fingerprint density at radius 1 is 1.24 bits per heavy atom. The maximum atomic E-state index is 12.5. The second kappa shape index (κ2) is 8.66. The van der Waals surface area contributed by atoms with Gasteiger partial charge in [0.15, 0.2) is 0 Å². The number of hydrogen-bond donors (Lipinski definition) is 1. The van der Waals surface area contributed by atoms with Gasteiger partial charge in [-0.05, 0) is 50.1 Å². The largest absolute Gasteiger partial charge is 0.486 e. The van der Waals surface area contributed by atoms with E-state index in [0.717, 1.165) is 41.6 Å². The van der Waals surface area contributed by atoms with Crippen molar-refractivity contribution < 1.29 is 9.53 Å². The van der Waals surface area contributed by atoms with Gasteiger partial charge in [-0.25, -0.2) is 4.98 Å². The third-order valence-electron chi connectivity index (χ3n) is 5.07. The predicted molar refractivity (Wildman–Crippen MR) is 118 cm³/mol. The number of nitrogens with zero attached hydrogens (tertiary/aromatic N) is 2. The molecule has 1 aliphatic heterocycles. The highest BCUT2D eigenvalue weighted by atomic mass is 32.1. The van der Waals surface area contributed by atoms with Crippen LogP contribution >= 0.6 is 11.3 Å². The molecule has 1 amide bonds. The molecule has 0 unspecified atom stereocenters. The Hall–Kier alpha value is -2.86. The zero-order valence-corrected chi connectivity index (χ0v) is 17.6. The van der Waals surface area contributed by atoms with Crippen LogP contribution in [0.1, 0.15) is 28.8 Å². The van der Waals surface area contributed by atoms with Crippen molar-refractivity contribution in [3.05, 3.63) is 69.7 Å². The van der Waals surface area contributed by atoms with Crippen molar-refractivity contribution in [1.82, 2.24) is 4.98 Å². The Morgan fingerprint density at radius 3 is 2.86 bits per heavy atom. The van der Waals surface area contributed by atoms with Gasteiger partial charge in [-0.1, -0.05) is 23.8 Å². The number of fused-ring (bicyclic) bond motifs is 1. The molecule has 0 atom stereocenters. The van der Waals surface area contributed by atoms with Crippen molar-refractivity contribution in [1.29, 1.82) is 0 Å². The normalized spacial score (nSPS) is 12.7. The lowest BCUT2D eigenvalue weighted by atomic mass is 10.1. The highest BCUT2D eigenvalue weighted by Crippen LogP contribution is 2.30. The third kappa shape index (κ3) is 4.77. The Kier molecular flexibility index (Phi) is 5.81. The number of aromatic nitrogens is 1. The van der Waals surface area contributed by atoms with Gasteiger partial charge in [0, 0.05) is 29.8 Å². The number of carbonyl (C=O) groups excluding carboxylic acids is 1. The first-order valence-corrected chi connectivity index (χ1v) is 10.8. The number of carbonyl (C=O) groups is 1. The molecule has 1 aliphatic rings. The summed E-state index contributed by atoms with van der Waals surface area (Å²) in [5.41, 5.74) is 5.39. The van der Waals surface area contributed by atoms with Crippen molar-refractivity contribution in [2.75, 3.05) is 23.3 Å². The molecule has 2 aromatic carbocycles. The van der Waals surface area contributed by atoms with Crippen LogP contribution in [0.3, 0.4) is 0 Å². The molecule has 0 bridgehead atoms. The molecular formula is C23H25N3O2S. The number of anilines is 2. The molecule has 2 heterocycles. The van der Waals surface area contributed by atoms with E-state index >= 15 is 0 Å². The molecule has 4 rings (SSSR count). The third-order valence-corrected chi connectivity index (χ3v) is 5.94. The molecule has 6 heteroatoms. The van der Waals surface area contributed by atoms with Gasteiger partial charge in [-0.2, -0.15) is 0 Å². The van der Waals surface area contributed by atoms with E-state index < -0.39 is 0 Å². The van der Waals surface area contributed by atoms with Crippen LogP contribution in [0.25, 0.3) is 0 Å². The van der Waals surface area contributed by atoms with Crippen LogP contribution in [-0.4, -0.2) is 24.0 Å². The van der Waals surface area contributed by atoms with E-state index in [-0.39, 0.29) is 12.3 Å². The first-order chi connectivity index (χ1) is 14.1. The van der Waals surface area contributed by atoms with Crippen LogP contribution in [0.4, 0.5) is 11.4 Å². The fourth-order valence-electron chi connectivity index (χ4n) is 3.50. The van der Waals surface area contributed by atoms with E-state index in [1.807, 2.05) is 42.6 Å². The smallest absolute Gasteiger partial charge is 0.230 e. The second-order valence-electron chi connectivity index (χ2n) is 7.23. The van der Waals surface area contributed by atoms with Crippen LogP contribution in [0.5, 0.6) is 5.75 Å². The first-order valence-electron chi connectivity index (χ1n) is 9.91. The lowest BCUT2D eigenvalue weighted by Gasteiger charge is -2.17. The zero-order chi connectivity index (χ0) is 20.2. The summed E-state index contributed by atoms with van der Waals surface area (Å²) in [4.78, 5) is 19.3. The van der Waals surface area contributed by atoms with Gasteiger partial charge in [0.25, 0.3) is 0 Å². The fourth-order valence-corrected chi connectivity index (χ4v) is 4.20. The van der Waals surface area contributed by atoms with Gasteiger partial charge < -0.3 is 15.0 Å². The number of rotatable bonds is 7. The monoisotopic (exact) mass is 407 g/mol. The quantitative estimate of drug-likeness (QED) is 0.622. The Morgan fingerprint density at radius 2 is 2.07 bits per heavy atom. The number of benzene rings is 2. The second-order valence-corrected chi connectivity index (χ2v) is 8.18. The molecule has 3 aromatic rings. The van der Waals surface area contributed by atoms with Crippen LogP contribution < -0.4 is 15.0 Å². The van der Waals surface area contributed by atoms with Gasteiger partial charge in [-0.15, -0.1) is 11.3 Å². The highest BCUT2D eigenvalue weighted by molar-refractivity contribution is 7.09. The van der Waals surface area contributed by atoms with Crippen LogP contribution in [-0.2, 0) is 24.2 Å². The standard InChI is InChI=1S/C23H25N3O2S/c1-3-26-11-10-17-6-7-18(12-21(17)26)24-22(27)13-19-15-29-23(25-19)14-28-20-8-4-16(2)5-9-20/h4-9,12,15H,3,10-11,13-14H2,1-2H3,(H,24,27). The van der Waals surface area contributed by atoms with Crippen molar-refractivity contribution >= 4 is 28.6 Å². The topological polar surface area (TPSA) is 54.5 Å². The summed E-state index contributed by atoms with van der Waals surface area (Å²) >= 11 is 1.52. The van der Waals surface area contributed by atoms with Gasteiger partial charge in [0.1, 0.15) is 17.4 Å². The molecule has 0 aliphatic carbocycles. The van der Waals surface area contributed by atoms with E-state index in [1.54, 1.807) is 0 Å². The van der Waals surface area contributed by atoms with Crippen molar-refractivity contribution in [2.24, 2.45) is 0 Å². The Labute approximate surface area is 175 Å². The lowest BCUT2D eigenvalue weighted by Crippen LogP contribution is -2.19. The number of aryl methyl sites for hydroxylation is 1. The van der Waals surface area contributed by atoms with Gasteiger partial charge in [-0.3, -0.25) is 4.79 Å². The van der Waals surface area contributed by atoms with Gasteiger partial charge in [0.2, 0.25) is 5.91 Å². The number of thiazole rings is 1. The van der Waals surface area contributed by atoms with Crippen LogP contribution in [0.15, 0.2) is 47.8 Å². The van der Waals surface area contributed by atoms with Crippen molar-refractivity contribution in [3.63, 3.8) is 0 Å². The summed E-state index contributed by atoms with van der Waals surface area (Å²) in [6.45, 7) is 6.65. The molecule has 0 spiro atoms. The summed E-state index contributed by atoms with van der Waals surface area (Å²) < 4.78 is 5.77. The van der Waals surface area contributed by atoms with E-state index in [2.05, 4.69) is 34.3 Å². The maximum absolute atomic E-state index is 12.5. The average Bonchev–Trinajstić information content (AvgIpc) is 3.33. The highest BCUT2D eigenvalue weighted by Gasteiger charge is 2.18. The van der Waals surface area contributed by atoms with Crippen LogP contribution in [0.2, 0.25) is 0 Å².